The molecule has 0 aliphatic heterocycles. The minimum absolute atomic E-state index is 0.0924. The zero-order valence-electron chi connectivity index (χ0n) is 22.8. The summed E-state index contributed by atoms with van der Waals surface area (Å²) in [6, 6.07) is 0. The van der Waals surface area contributed by atoms with Crippen molar-refractivity contribution >= 4 is 23.9 Å². The molecule has 0 radical (unpaired) electrons. The molecule has 3 fully saturated rings. The third-order valence-electron chi connectivity index (χ3n) is 8.21. The fourth-order valence-electron chi connectivity index (χ4n) is 5.88. The largest absolute Gasteiger partial charge is 0.462 e. The molecule has 0 N–H and O–H groups in total. The van der Waals surface area contributed by atoms with Gasteiger partial charge >= 0.3 is 23.9 Å². The number of ether oxygens (including phenoxy) is 4. The van der Waals surface area contributed by atoms with Crippen LogP contribution in [-0.2, 0) is 38.1 Å². The average Bonchev–Trinajstić information content (AvgIpc) is 2.86. The van der Waals surface area contributed by atoms with Crippen LogP contribution < -0.4 is 0 Å². The first-order valence-electron chi connectivity index (χ1n) is 14.0. The molecule has 37 heavy (non-hydrogen) atoms. The smallest absolute Gasteiger partial charge is 0.333 e. The summed E-state index contributed by atoms with van der Waals surface area (Å²) in [6.07, 6.45) is 10.6. The number of hydrogen-bond acceptors (Lipinski definition) is 8. The normalized spacial score (nSPS) is 26.8. The molecular weight excluding hydrogens is 476 g/mol. The van der Waals surface area contributed by atoms with Crippen molar-refractivity contribution in [2.75, 3.05) is 13.2 Å². The van der Waals surface area contributed by atoms with Crippen LogP contribution in [0.15, 0.2) is 12.2 Å². The van der Waals surface area contributed by atoms with Gasteiger partial charge in [0.2, 0.25) is 0 Å². The lowest BCUT2D eigenvalue weighted by molar-refractivity contribution is -0.180. The lowest BCUT2D eigenvalue weighted by Crippen LogP contribution is -2.44. The summed E-state index contributed by atoms with van der Waals surface area (Å²) in [7, 11) is 0. The summed E-state index contributed by atoms with van der Waals surface area (Å²) < 4.78 is 22.3. The SMILES string of the molecule is C=C(C)C(=O)OCCOC(=O)C1CCC(C(=O)OC2(C)CCCCC2)CC1C(=O)OC1(C)CCCCC1. The van der Waals surface area contributed by atoms with E-state index in [-0.39, 0.29) is 31.2 Å². The monoisotopic (exact) mass is 520 g/mol. The van der Waals surface area contributed by atoms with Gasteiger partial charge in [0.25, 0.3) is 0 Å². The summed E-state index contributed by atoms with van der Waals surface area (Å²) in [5.74, 6) is -3.78. The molecule has 208 valence electrons. The minimum Gasteiger partial charge on any atom is -0.462 e. The van der Waals surface area contributed by atoms with E-state index in [0.717, 1.165) is 64.2 Å². The Balaban J connectivity index is 1.65. The molecule has 0 aromatic rings. The minimum atomic E-state index is -0.783. The van der Waals surface area contributed by atoms with Crippen LogP contribution in [0.25, 0.3) is 0 Å². The molecule has 3 rings (SSSR count). The van der Waals surface area contributed by atoms with Gasteiger partial charge in [-0.1, -0.05) is 19.4 Å². The first-order valence-corrected chi connectivity index (χ1v) is 14.0. The highest BCUT2D eigenvalue weighted by molar-refractivity contribution is 5.87. The van der Waals surface area contributed by atoms with Crippen molar-refractivity contribution in [3.05, 3.63) is 12.2 Å². The molecule has 0 saturated heterocycles. The fourth-order valence-corrected chi connectivity index (χ4v) is 5.88. The van der Waals surface area contributed by atoms with Crippen LogP contribution in [-0.4, -0.2) is 48.3 Å². The zero-order chi connectivity index (χ0) is 27.1. The Labute approximate surface area is 220 Å². The van der Waals surface area contributed by atoms with E-state index < -0.39 is 46.9 Å². The summed E-state index contributed by atoms with van der Waals surface area (Å²) in [6.45, 7) is 8.79. The topological polar surface area (TPSA) is 105 Å². The molecule has 3 aliphatic rings. The van der Waals surface area contributed by atoms with E-state index in [4.69, 9.17) is 18.9 Å². The van der Waals surface area contributed by atoms with E-state index in [2.05, 4.69) is 6.58 Å². The third kappa shape index (κ3) is 8.30. The maximum Gasteiger partial charge on any atom is 0.333 e. The number of hydrogen-bond donors (Lipinski definition) is 0. The van der Waals surface area contributed by atoms with Crippen LogP contribution >= 0.6 is 0 Å². The van der Waals surface area contributed by atoms with E-state index in [0.29, 0.717) is 12.8 Å². The quantitative estimate of drug-likeness (QED) is 0.176. The van der Waals surface area contributed by atoms with Gasteiger partial charge in [-0.3, -0.25) is 14.4 Å². The molecule has 0 bridgehead atoms. The number of carbonyl (C=O) groups excluding carboxylic acids is 4. The maximum absolute atomic E-state index is 13.4. The molecule has 3 aliphatic carbocycles. The standard InChI is InChI=1S/C29H44O8/c1-20(2)24(30)34-17-18-35-26(32)22-12-11-21(25(31)36-28(3)13-7-5-8-14-28)19-23(22)27(33)37-29(4)15-9-6-10-16-29/h21-23H,1,5-19H2,2-4H3. The molecule has 0 amide bonds. The van der Waals surface area contributed by atoms with Gasteiger partial charge in [0.1, 0.15) is 24.4 Å². The molecule has 3 unspecified atom stereocenters. The molecule has 0 spiro atoms. The lowest BCUT2D eigenvalue weighted by Gasteiger charge is -2.39. The van der Waals surface area contributed by atoms with Gasteiger partial charge in [0.15, 0.2) is 0 Å². The highest BCUT2D eigenvalue weighted by atomic mass is 16.6. The molecule has 3 atom stereocenters. The number of rotatable bonds is 9. The first kappa shape index (κ1) is 29.2. The van der Waals surface area contributed by atoms with Crippen molar-refractivity contribution in [2.45, 2.75) is 115 Å². The molecular formula is C29H44O8. The van der Waals surface area contributed by atoms with Crippen molar-refractivity contribution in [1.29, 1.82) is 0 Å². The Kier molecular flexibility index (Phi) is 10.2. The van der Waals surface area contributed by atoms with Gasteiger partial charge < -0.3 is 18.9 Å². The van der Waals surface area contributed by atoms with E-state index in [1.54, 1.807) is 0 Å². The van der Waals surface area contributed by atoms with Crippen LogP contribution in [0.3, 0.4) is 0 Å². The predicted octanol–water partition coefficient (Wildman–Crippen LogP) is 5.21. The van der Waals surface area contributed by atoms with Gasteiger partial charge in [-0.25, -0.2) is 4.79 Å². The van der Waals surface area contributed by atoms with Crippen molar-refractivity contribution < 1.29 is 38.1 Å². The van der Waals surface area contributed by atoms with Crippen molar-refractivity contribution in [2.24, 2.45) is 17.8 Å². The highest BCUT2D eigenvalue weighted by Crippen LogP contribution is 2.40. The lowest BCUT2D eigenvalue weighted by atomic mass is 9.73. The van der Waals surface area contributed by atoms with Crippen LogP contribution in [0.2, 0.25) is 0 Å². The molecule has 8 nitrogen and oxygen atoms in total. The fraction of sp³-hybridized carbons (Fsp3) is 0.793. The van der Waals surface area contributed by atoms with Crippen LogP contribution in [0.1, 0.15) is 104 Å². The van der Waals surface area contributed by atoms with Crippen molar-refractivity contribution in [3.63, 3.8) is 0 Å². The summed E-state index contributed by atoms with van der Waals surface area (Å²) in [4.78, 5) is 51.1. The maximum atomic E-state index is 13.4. The van der Waals surface area contributed by atoms with Gasteiger partial charge in [-0.15, -0.1) is 0 Å². The Morgan fingerprint density at radius 1 is 0.703 bits per heavy atom. The van der Waals surface area contributed by atoms with Crippen LogP contribution in [0.5, 0.6) is 0 Å². The second-order valence-corrected chi connectivity index (χ2v) is 11.7. The Morgan fingerprint density at radius 3 is 1.76 bits per heavy atom. The van der Waals surface area contributed by atoms with E-state index in [9.17, 15) is 19.2 Å². The molecule has 0 aromatic carbocycles. The van der Waals surface area contributed by atoms with E-state index in [1.807, 2.05) is 13.8 Å². The molecule has 8 heteroatoms. The third-order valence-corrected chi connectivity index (χ3v) is 8.21. The zero-order valence-corrected chi connectivity index (χ0v) is 22.8. The van der Waals surface area contributed by atoms with Gasteiger partial charge in [0, 0.05) is 5.57 Å². The Hall–Kier alpha value is -2.38. The highest BCUT2D eigenvalue weighted by Gasteiger charge is 2.46. The predicted molar refractivity (Wildman–Crippen MR) is 136 cm³/mol. The number of carbonyl (C=O) groups is 4. The van der Waals surface area contributed by atoms with Crippen molar-refractivity contribution in [3.8, 4) is 0 Å². The average molecular weight is 521 g/mol. The van der Waals surface area contributed by atoms with E-state index >= 15 is 0 Å². The number of esters is 4. The van der Waals surface area contributed by atoms with E-state index in [1.165, 1.54) is 6.92 Å². The van der Waals surface area contributed by atoms with Crippen LogP contribution in [0, 0.1) is 17.8 Å². The Morgan fingerprint density at radius 2 is 1.22 bits per heavy atom. The summed E-state index contributed by atoms with van der Waals surface area (Å²) in [5, 5.41) is 0. The first-order chi connectivity index (χ1) is 17.5. The van der Waals surface area contributed by atoms with Crippen LogP contribution in [0.4, 0.5) is 0 Å². The van der Waals surface area contributed by atoms with Gasteiger partial charge in [-0.05, 0) is 91.4 Å². The molecule has 3 saturated carbocycles. The van der Waals surface area contributed by atoms with Gasteiger partial charge in [0.05, 0.1) is 17.8 Å². The van der Waals surface area contributed by atoms with Crippen molar-refractivity contribution in [1.82, 2.24) is 0 Å². The summed E-state index contributed by atoms with van der Waals surface area (Å²) >= 11 is 0. The summed E-state index contributed by atoms with van der Waals surface area (Å²) in [5.41, 5.74) is -0.751. The molecule has 0 aromatic heterocycles. The Bertz CT molecular complexity index is 850. The van der Waals surface area contributed by atoms with Gasteiger partial charge in [-0.2, -0.15) is 0 Å². The second kappa shape index (κ2) is 12.9. The second-order valence-electron chi connectivity index (χ2n) is 11.7. The molecule has 0 heterocycles.